The normalized spacial score (nSPS) is 11.4. The Kier molecular flexibility index (Phi) is 4.96. The lowest BCUT2D eigenvalue weighted by Gasteiger charge is -2.12. The lowest BCUT2D eigenvalue weighted by atomic mass is 10.00. The molecule has 5 rings (SSSR count). The Hall–Kier alpha value is -3.93. The summed E-state index contributed by atoms with van der Waals surface area (Å²) in [6.45, 7) is 1.37. The van der Waals surface area contributed by atoms with E-state index in [4.69, 9.17) is 0 Å². The van der Waals surface area contributed by atoms with Crippen LogP contribution in [-0.4, -0.2) is 29.3 Å². The molecule has 0 aliphatic carbocycles. The van der Waals surface area contributed by atoms with Crippen molar-refractivity contribution in [2.75, 3.05) is 0 Å². The maximum Gasteiger partial charge on any atom is 0.235 e. The first-order chi connectivity index (χ1) is 15.2. The van der Waals surface area contributed by atoms with Crippen LogP contribution in [0.4, 0.5) is 0 Å². The number of aromatic hydroxyl groups is 2. The second-order valence-electron chi connectivity index (χ2n) is 7.71. The number of aryl methyl sites for hydroxylation is 1. The summed E-state index contributed by atoms with van der Waals surface area (Å²) >= 11 is 0. The molecule has 0 spiro atoms. The van der Waals surface area contributed by atoms with E-state index >= 15 is 0 Å². The van der Waals surface area contributed by atoms with Crippen LogP contribution in [0.2, 0.25) is 0 Å². The number of hydrogen-bond acceptors (Lipinski definition) is 3. The Morgan fingerprint density at radius 3 is 2.55 bits per heavy atom. The quantitative estimate of drug-likeness (QED) is 0.355. The van der Waals surface area contributed by atoms with Gasteiger partial charge in [-0.1, -0.05) is 48.5 Å². The van der Waals surface area contributed by atoms with Gasteiger partial charge in [-0.2, -0.15) is 0 Å². The van der Waals surface area contributed by atoms with Crippen molar-refractivity contribution < 1.29 is 10.2 Å². The van der Waals surface area contributed by atoms with Gasteiger partial charge in [0.25, 0.3) is 0 Å². The molecule has 0 fully saturated rings. The number of hydrogen-bond donors (Lipinski definition) is 3. The lowest BCUT2D eigenvalue weighted by Crippen LogP contribution is -2.07. The molecule has 0 bridgehead atoms. The van der Waals surface area contributed by atoms with Crippen LogP contribution in [0.25, 0.3) is 22.0 Å². The summed E-state index contributed by atoms with van der Waals surface area (Å²) in [6.07, 6.45) is 8.78. The van der Waals surface area contributed by atoms with Crippen LogP contribution in [0.3, 0.4) is 0 Å². The molecule has 0 aliphatic rings. The summed E-state index contributed by atoms with van der Waals surface area (Å²) in [6, 6.07) is 18.1. The first kappa shape index (κ1) is 19.1. The molecule has 31 heavy (non-hydrogen) atoms. The number of para-hydroxylation sites is 1. The van der Waals surface area contributed by atoms with Crippen LogP contribution in [-0.2, 0) is 19.5 Å². The van der Waals surface area contributed by atoms with Gasteiger partial charge in [-0.25, -0.2) is 4.98 Å². The maximum atomic E-state index is 11.0. The smallest absolute Gasteiger partial charge is 0.235 e. The van der Waals surface area contributed by atoms with Crippen LogP contribution in [0, 0.1) is 0 Å². The summed E-state index contributed by atoms with van der Waals surface area (Å²) in [5, 5.41) is 22.9. The van der Waals surface area contributed by atoms with E-state index in [0.29, 0.717) is 18.5 Å². The highest BCUT2D eigenvalue weighted by Crippen LogP contribution is 2.45. The van der Waals surface area contributed by atoms with Crippen molar-refractivity contribution in [3.05, 3.63) is 90.8 Å². The van der Waals surface area contributed by atoms with E-state index in [9.17, 15) is 10.2 Å². The van der Waals surface area contributed by atoms with Crippen LogP contribution >= 0.6 is 0 Å². The highest BCUT2D eigenvalue weighted by Gasteiger charge is 2.25. The summed E-state index contributed by atoms with van der Waals surface area (Å²) in [4.78, 5) is 7.37. The van der Waals surface area contributed by atoms with Gasteiger partial charge >= 0.3 is 0 Å². The molecule has 0 saturated carbocycles. The zero-order valence-corrected chi connectivity index (χ0v) is 17.1. The fourth-order valence-electron chi connectivity index (χ4n) is 4.24. The zero-order valence-electron chi connectivity index (χ0n) is 17.1. The Morgan fingerprint density at radius 1 is 0.935 bits per heavy atom. The van der Waals surface area contributed by atoms with Gasteiger partial charge in [0.05, 0.1) is 11.9 Å². The average Bonchev–Trinajstić information content (AvgIpc) is 3.51. The third-order valence-corrected chi connectivity index (χ3v) is 5.75. The Labute approximate surface area is 180 Å². The van der Waals surface area contributed by atoms with E-state index < -0.39 is 0 Å². The molecule has 3 heterocycles. The number of H-pyrrole nitrogens is 1. The minimum Gasteiger partial charge on any atom is -0.503 e. The molecule has 2 aromatic carbocycles. The van der Waals surface area contributed by atoms with Crippen molar-refractivity contribution >= 4 is 10.9 Å². The van der Waals surface area contributed by atoms with Gasteiger partial charge < -0.3 is 24.3 Å². The molecule has 0 saturated heterocycles. The van der Waals surface area contributed by atoms with E-state index in [1.165, 1.54) is 0 Å². The van der Waals surface area contributed by atoms with Crippen molar-refractivity contribution in [2.45, 2.75) is 25.9 Å². The monoisotopic (exact) mass is 412 g/mol. The van der Waals surface area contributed by atoms with Gasteiger partial charge in [0.2, 0.25) is 5.88 Å². The van der Waals surface area contributed by atoms with Gasteiger partial charge in [-0.15, -0.1) is 0 Å². The van der Waals surface area contributed by atoms with Crippen molar-refractivity contribution in [3.63, 3.8) is 0 Å². The fourth-order valence-corrected chi connectivity index (χ4v) is 4.24. The van der Waals surface area contributed by atoms with Gasteiger partial charge in [0, 0.05) is 60.3 Å². The molecule has 3 aromatic heterocycles. The van der Waals surface area contributed by atoms with Crippen molar-refractivity contribution in [1.29, 1.82) is 0 Å². The lowest BCUT2D eigenvalue weighted by molar-refractivity contribution is 0.366. The van der Waals surface area contributed by atoms with Gasteiger partial charge in [0.15, 0.2) is 5.75 Å². The van der Waals surface area contributed by atoms with E-state index in [0.717, 1.165) is 40.7 Å². The highest BCUT2D eigenvalue weighted by molar-refractivity contribution is 5.98. The van der Waals surface area contributed by atoms with Crippen molar-refractivity contribution in [1.82, 2.24) is 19.1 Å². The molecule has 6 heteroatoms. The number of nitrogens with zero attached hydrogens (tertiary/aromatic N) is 3. The van der Waals surface area contributed by atoms with Crippen LogP contribution in [0.15, 0.2) is 79.5 Å². The topological polar surface area (TPSA) is 79.0 Å². The number of fused-ring (bicyclic) bond motifs is 1. The molecule has 156 valence electrons. The molecular weight excluding hydrogens is 388 g/mol. The van der Waals surface area contributed by atoms with Crippen LogP contribution in [0.5, 0.6) is 11.6 Å². The third kappa shape index (κ3) is 3.57. The Morgan fingerprint density at radius 2 is 1.74 bits per heavy atom. The minimum absolute atomic E-state index is 0.0710. The van der Waals surface area contributed by atoms with Crippen LogP contribution < -0.4 is 0 Å². The predicted molar refractivity (Wildman–Crippen MR) is 121 cm³/mol. The van der Waals surface area contributed by atoms with Crippen molar-refractivity contribution in [2.24, 2.45) is 0 Å². The van der Waals surface area contributed by atoms with Crippen molar-refractivity contribution in [3.8, 4) is 22.8 Å². The predicted octanol–water partition coefficient (Wildman–Crippen LogP) is 4.93. The van der Waals surface area contributed by atoms with E-state index in [1.54, 1.807) is 12.5 Å². The third-order valence-electron chi connectivity index (χ3n) is 5.75. The minimum atomic E-state index is -0.0863. The average molecular weight is 412 g/mol. The number of aromatic nitrogens is 4. The van der Waals surface area contributed by atoms with E-state index in [2.05, 4.69) is 22.1 Å². The molecule has 0 aliphatic heterocycles. The number of imidazole rings is 1. The molecule has 0 unspecified atom stereocenters. The Balaban J connectivity index is 1.59. The first-order valence-electron chi connectivity index (χ1n) is 10.4. The molecule has 0 radical (unpaired) electrons. The first-order valence-corrected chi connectivity index (χ1v) is 10.4. The number of rotatable bonds is 7. The van der Waals surface area contributed by atoms with Gasteiger partial charge in [0.1, 0.15) is 0 Å². The molecular formula is C25H24N4O2. The number of benzene rings is 2. The molecule has 6 nitrogen and oxygen atoms in total. The Bertz CT molecular complexity index is 1300. The summed E-state index contributed by atoms with van der Waals surface area (Å²) < 4.78 is 3.86. The second kappa shape index (κ2) is 8.07. The maximum absolute atomic E-state index is 11.0. The van der Waals surface area contributed by atoms with Crippen LogP contribution in [0.1, 0.15) is 17.7 Å². The van der Waals surface area contributed by atoms with Gasteiger partial charge in [-0.3, -0.25) is 0 Å². The van der Waals surface area contributed by atoms with E-state index in [-0.39, 0.29) is 11.6 Å². The fraction of sp³-hybridized carbons (Fsp3) is 0.160. The molecule has 0 atom stereocenters. The molecule has 5 aromatic rings. The number of aromatic amines is 1. The molecule has 0 amide bonds. The summed E-state index contributed by atoms with van der Waals surface area (Å²) in [5.41, 5.74) is 4.59. The van der Waals surface area contributed by atoms with Gasteiger partial charge in [-0.05, 0) is 18.1 Å². The summed E-state index contributed by atoms with van der Waals surface area (Å²) in [5.74, 6) is -0.157. The highest BCUT2D eigenvalue weighted by atomic mass is 16.3. The number of nitrogens with one attached hydrogen (secondary N) is 1. The standard InChI is InChI=1S/C25H24N4O2/c30-24-23(20-16-27-21-10-5-4-9-19(20)21)22(15-18-7-2-1-3-8-18)29(25(24)31)13-6-12-28-14-11-26-17-28/h1-5,7-11,14,16-17,27,30-31H,6,12-13,15H2. The summed E-state index contributed by atoms with van der Waals surface area (Å²) in [7, 11) is 0. The van der Waals surface area contributed by atoms with E-state index in [1.807, 2.05) is 64.0 Å². The zero-order chi connectivity index (χ0) is 21.2. The molecule has 3 N–H and O–H groups in total. The SMILES string of the molecule is Oc1c(-c2c[nH]c3ccccc23)c(Cc2ccccc2)n(CCCn2ccnc2)c1O. The second-order valence-corrected chi connectivity index (χ2v) is 7.71. The largest absolute Gasteiger partial charge is 0.503 e.